The van der Waals surface area contributed by atoms with Gasteiger partial charge in [-0.2, -0.15) is 0 Å². The highest BCUT2D eigenvalue weighted by Crippen LogP contribution is 2.25. The van der Waals surface area contributed by atoms with Crippen molar-refractivity contribution >= 4 is 23.6 Å². The van der Waals surface area contributed by atoms with Crippen LogP contribution >= 0.6 is 0 Å². The first-order chi connectivity index (χ1) is 13.5. The minimum atomic E-state index is -0.912. The number of piperazine rings is 1. The van der Waals surface area contributed by atoms with E-state index in [-0.39, 0.29) is 12.5 Å². The molecule has 0 atom stereocenters. The van der Waals surface area contributed by atoms with Gasteiger partial charge in [-0.15, -0.1) is 0 Å². The lowest BCUT2D eigenvalue weighted by Gasteiger charge is -2.35. The van der Waals surface area contributed by atoms with Crippen LogP contribution in [0.2, 0.25) is 0 Å². The Bertz CT molecular complexity index is 893. The second-order valence-corrected chi connectivity index (χ2v) is 6.56. The van der Waals surface area contributed by atoms with E-state index in [1.54, 1.807) is 30.2 Å². The first kappa shape index (κ1) is 19.4. The van der Waals surface area contributed by atoms with E-state index in [2.05, 4.69) is 4.90 Å². The van der Waals surface area contributed by atoms with Crippen LogP contribution in [0.4, 0.5) is 5.69 Å². The van der Waals surface area contributed by atoms with E-state index in [0.29, 0.717) is 30.9 Å². The van der Waals surface area contributed by atoms with Gasteiger partial charge in [0, 0.05) is 25.2 Å². The quantitative estimate of drug-likeness (QED) is 0.589. The van der Waals surface area contributed by atoms with Gasteiger partial charge in [-0.25, -0.2) is 0 Å². The average Bonchev–Trinajstić information content (AvgIpc) is 2.69. The molecule has 28 heavy (non-hydrogen) atoms. The van der Waals surface area contributed by atoms with E-state index in [0.717, 1.165) is 11.3 Å². The molecule has 2 amide bonds. The first-order valence-electron chi connectivity index (χ1n) is 8.93. The van der Waals surface area contributed by atoms with Gasteiger partial charge in [0.25, 0.3) is 5.91 Å². The monoisotopic (exact) mass is 381 g/mol. The average molecular weight is 381 g/mol. The summed E-state index contributed by atoms with van der Waals surface area (Å²) in [6, 6.07) is 14.9. The molecule has 1 aliphatic heterocycles. The number of hydrogen-bond donors (Lipinski definition) is 2. The van der Waals surface area contributed by atoms with E-state index in [4.69, 9.17) is 10.5 Å². The molecule has 0 aliphatic carbocycles. The van der Waals surface area contributed by atoms with E-state index in [1.165, 1.54) is 6.08 Å². The van der Waals surface area contributed by atoms with Crippen LogP contribution in [-0.2, 0) is 16.1 Å². The Balaban J connectivity index is 1.71. The minimum absolute atomic E-state index is 0.0424. The van der Waals surface area contributed by atoms with Gasteiger partial charge in [0.15, 0.2) is 5.76 Å². The van der Waals surface area contributed by atoms with Gasteiger partial charge in [0.2, 0.25) is 5.91 Å². The molecule has 0 radical (unpaired) electrons. The molecular weight excluding hydrogens is 358 g/mol. The number of rotatable bonds is 6. The van der Waals surface area contributed by atoms with Gasteiger partial charge in [0.05, 0.1) is 19.3 Å². The van der Waals surface area contributed by atoms with E-state index >= 15 is 0 Å². The number of hydrogen-bond acceptors (Lipinski definition) is 5. The highest BCUT2D eigenvalue weighted by atomic mass is 16.5. The van der Waals surface area contributed by atoms with Crippen LogP contribution in [0, 0.1) is 0 Å². The van der Waals surface area contributed by atoms with Crippen LogP contribution in [0.1, 0.15) is 11.1 Å². The SMILES string of the molecule is COc1ccc(CN2CCN(c3ccccc3C=C(O)C(N)=O)C(=O)C2)cc1. The third-order valence-corrected chi connectivity index (χ3v) is 4.64. The van der Waals surface area contributed by atoms with Crippen LogP contribution in [0.5, 0.6) is 5.75 Å². The van der Waals surface area contributed by atoms with Crippen molar-refractivity contribution < 1.29 is 19.4 Å². The Morgan fingerprint density at radius 2 is 1.89 bits per heavy atom. The van der Waals surface area contributed by atoms with Crippen LogP contribution in [0.3, 0.4) is 0 Å². The summed E-state index contributed by atoms with van der Waals surface area (Å²) in [6.45, 7) is 2.17. The molecule has 146 valence electrons. The molecule has 2 aromatic rings. The van der Waals surface area contributed by atoms with Gasteiger partial charge in [-0.3, -0.25) is 14.5 Å². The minimum Gasteiger partial charge on any atom is -0.503 e. The van der Waals surface area contributed by atoms with Gasteiger partial charge in [0.1, 0.15) is 5.75 Å². The summed E-state index contributed by atoms with van der Waals surface area (Å²) in [5.74, 6) is -0.698. The van der Waals surface area contributed by atoms with Gasteiger partial charge in [-0.1, -0.05) is 30.3 Å². The molecule has 0 aromatic heterocycles. The van der Waals surface area contributed by atoms with E-state index in [1.807, 2.05) is 30.3 Å². The molecule has 7 heteroatoms. The Morgan fingerprint density at radius 3 is 2.54 bits per heavy atom. The molecule has 0 spiro atoms. The zero-order valence-corrected chi connectivity index (χ0v) is 15.7. The van der Waals surface area contributed by atoms with Crippen LogP contribution in [-0.4, -0.2) is 48.6 Å². The van der Waals surface area contributed by atoms with Crippen molar-refractivity contribution in [3.05, 3.63) is 65.4 Å². The lowest BCUT2D eigenvalue weighted by atomic mass is 10.1. The number of carbonyl (C=O) groups is 2. The van der Waals surface area contributed by atoms with Gasteiger partial charge in [-0.05, 0) is 29.8 Å². The zero-order chi connectivity index (χ0) is 20.1. The van der Waals surface area contributed by atoms with Crippen LogP contribution in [0.25, 0.3) is 6.08 Å². The fourth-order valence-corrected chi connectivity index (χ4v) is 3.17. The molecule has 2 aromatic carbocycles. The first-order valence-corrected chi connectivity index (χ1v) is 8.93. The van der Waals surface area contributed by atoms with Crippen molar-refractivity contribution in [3.63, 3.8) is 0 Å². The number of methoxy groups -OCH3 is 1. The van der Waals surface area contributed by atoms with Gasteiger partial charge >= 0.3 is 0 Å². The van der Waals surface area contributed by atoms with Gasteiger partial charge < -0.3 is 20.5 Å². The smallest absolute Gasteiger partial charge is 0.283 e. The second-order valence-electron chi connectivity index (χ2n) is 6.56. The summed E-state index contributed by atoms with van der Waals surface area (Å²) in [7, 11) is 1.63. The van der Waals surface area contributed by atoms with Crippen molar-refractivity contribution in [3.8, 4) is 5.75 Å². The van der Waals surface area contributed by atoms with E-state index in [9.17, 15) is 14.7 Å². The molecule has 3 rings (SSSR count). The number of carbonyl (C=O) groups excluding carboxylic acids is 2. The number of nitrogens with two attached hydrogens (primary N) is 1. The molecule has 1 heterocycles. The second kappa shape index (κ2) is 8.58. The molecular formula is C21H23N3O4. The molecule has 1 aliphatic rings. The molecule has 7 nitrogen and oxygen atoms in total. The number of nitrogens with zero attached hydrogens (tertiary/aromatic N) is 2. The summed E-state index contributed by atoms with van der Waals surface area (Å²) in [6.07, 6.45) is 1.29. The predicted molar refractivity (Wildman–Crippen MR) is 107 cm³/mol. The lowest BCUT2D eigenvalue weighted by molar-refractivity contribution is -0.121. The highest BCUT2D eigenvalue weighted by molar-refractivity contribution is 5.99. The summed E-state index contributed by atoms with van der Waals surface area (Å²) in [5, 5.41) is 9.68. The number of ether oxygens (including phenoxy) is 1. The van der Waals surface area contributed by atoms with Crippen LogP contribution in [0.15, 0.2) is 54.3 Å². The maximum Gasteiger partial charge on any atom is 0.283 e. The normalized spacial score (nSPS) is 15.5. The molecule has 0 bridgehead atoms. The Labute approximate surface area is 163 Å². The summed E-state index contributed by atoms with van der Waals surface area (Å²) in [4.78, 5) is 27.6. The number of benzene rings is 2. The van der Waals surface area contributed by atoms with Crippen molar-refractivity contribution in [1.29, 1.82) is 0 Å². The molecule has 1 fully saturated rings. The van der Waals surface area contributed by atoms with Crippen molar-refractivity contribution in [2.24, 2.45) is 5.73 Å². The number of anilines is 1. The number of aliphatic hydroxyl groups is 1. The van der Waals surface area contributed by atoms with Crippen molar-refractivity contribution in [2.75, 3.05) is 31.6 Å². The fraction of sp³-hybridized carbons (Fsp3) is 0.238. The zero-order valence-electron chi connectivity index (χ0n) is 15.7. The maximum atomic E-state index is 12.8. The maximum absolute atomic E-state index is 12.8. The standard InChI is InChI=1S/C21H23N3O4/c1-28-17-8-6-15(7-9-17)13-23-10-11-24(20(26)14-23)18-5-3-2-4-16(18)12-19(25)21(22)27/h2-9,12,25H,10-11,13-14H2,1H3,(H2,22,27). The molecule has 3 N–H and O–H groups in total. The van der Waals surface area contributed by atoms with Crippen LogP contribution < -0.4 is 15.4 Å². The summed E-state index contributed by atoms with van der Waals surface area (Å²) < 4.78 is 5.17. The summed E-state index contributed by atoms with van der Waals surface area (Å²) >= 11 is 0. The third-order valence-electron chi connectivity index (χ3n) is 4.64. The van der Waals surface area contributed by atoms with E-state index < -0.39 is 11.7 Å². The lowest BCUT2D eigenvalue weighted by Crippen LogP contribution is -2.50. The molecule has 0 saturated carbocycles. The number of aliphatic hydroxyl groups excluding tert-OH is 1. The topological polar surface area (TPSA) is 96.1 Å². The summed E-state index contributed by atoms with van der Waals surface area (Å²) in [5.41, 5.74) is 7.41. The van der Waals surface area contributed by atoms with Crippen molar-refractivity contribution in [2.45, 2.75) is 6.54 Å². The number of primary amides is 1. The Hall–Kier alpha value is -3.32. The molecule has 1 saturated heterocycles. The number of amides is 2. The molecule has 0 unspecified atom stereocenters. The Morgan fingerprint density at radius 1 is 1.18 bits per heavy atom. The predicted octanol–water partition coefficient (Wildman–Crippen LogP) is 1.93. The fourth-order valence-electron chi connectivity index (χ4n) is 3.17. The highest BCUT2D eigenvalue weighted by Gasteiger charge is 2.26. The third kappa shape index (κ3) is 4.50. The Kier molecular flexibility index (Phi) is 5.96. The largest absolute Gasteiger partial charge is 0.503 e. The van der Waals surface area contributed by atoms with Crippen molar-refractivity contribution in [1.82, 2.24) is 4.90 Å². The number of para-hydroxylation sites is 1.